The highest BCUT2D eigenvalue weighted by molar-refractivity contribution is 4.97. The van der Waals surface area contributed by atoms with E-state index < -0.39 is 0 Å². The van der Waals surface area contributed by atoms with Crippen LogP contribution in [0.4, 0.5) is 0 Å². The summed E-state index contributed by atoms with van der Waals surface area (Å²) in [6.45, 7) is 7.36. The number of azo groups is 1. The minimum absolute atomic E-state index is 0.323. The highest BCUT2D eigenvalue weighted by Crippen LogP contribution is 2.01. The lowest BCUT2D eigenvalue weighted by molar-refractivity contribution is 0.752. The highest BCUT2D eigenvalue weighted by atomic mass is 15.1. The molecule has 0 atom stereocenters. The van der Waals surface area contributed by atoms with Gasteiger partial charge in [-0.1, -0.05) is 20.4 Å². The second-order valence-electron chi connectivity index (χ2n) is 2.20. The molecule has 0 aromatic carbocycles. The SMILES string of the molecule is C=C/N=N\C=C(/N)C(C)C. The zero-order chi connectivity index (χ0) is 7.98. The molecule has 0 aliphatic heterocycles. The Kier molecular flexibility index (Phi) is 4.20. The molecule has 0 heterocycles. The summed E-state index contributed by atoms with van der Waals surface area (Å²) in [4.78, 5) is 0. The van der Waals surface area contributed by atoms with Gasteiger partial charge in [-0.05, 0) is 5.92 Å². The minimum Gasteiger partial charge on any atom is -0.401 e. The maximum Gasteiger partial charge on any atom is 0.0685 e. The van der Waals surface area contributed by atoms with E-state index in [1.54, 1.807) is 0 Å². The summed E-state index contributed by atoms with van der Waals surface area (Å²) in [6, 6.07) is 0. The van der Waals surface area contributed by atoms with Gasteiger partial charge in [-0.2, -0.15) is 10.2 Å². The Morgan fingerprint density at radius 1 is 1.50 bits per heavy atom. The third-order valence-electron chi connectivity index (χ3n) is 1.02. The molecule has 0 saturated heterocycles. The van der Waals surface area contributed by atoms with E-state index in [1.807, 2.05) is 13.8 Å². The number of nitrogens with zero attached hydrogens (tertiary/aromatic N) is 2. The lowest BCUT2D eigenvalue weighted by atomic mass is 10.2. The normalized spacial score (nSPS) is 12.9. The summed E-state index contributed by atoms with van der Waals surface area (Å²) in [5.41, 5.74) is 6.26. The molecule has 0 aliphatic carbocycles. The maximum atomic E-state index is 5.53. The average molecular weight is 139 g/mol. The van der Waals surface area contributed by atoms with E-state index in [0.29, 0.717) is 5.92 Å². The van der Waals surface area contributed by atoms with Crippen molar-refractivity contribution in [2.24, 2.45) is 21.9 Å². The van der Waals surface area contributed by atoms with Gasteiger partial charge in [-0.25, -0.2) is 0 Å². The van der Waals surface area contributed by atoms with Gasteiger partial charge in [-0.3, -0.25) is 0 Å². The van der Waals surface area contributed by atoms with Crippen LogP contribution in [0.25, 0.3) is 0 Å². The molecule has 2 N–H and O–H groups in total. The van der Waals surface area contributed by atoms with Crippen LogP contribution in [0.1, 0.15) is 13.8 Å². The van der Waals surface area contributed by atoms with Crippen molar-refractivity contribution in [1.29, 1.82) is 0 Å². The lowest BCUT2D eigenvalue weighted by Crippen LogP contribution is -2.03. The van der Waals surface area contributed by atoms with Gasteiger partial charge in [0, 0.05) is 11.9 Å². The molecule has 0 aliphatic rings. The molecule has 0 radical (unpaired) electrons. The van der Waals surface area contributed by atoms with Gasteiger partial charge in [0.25, 0.3) is 0 Å². The second kappa shape index (κ2) is 4.73. The van der Waals surface area contributed by atoms with Crippen LogP contribution in [-0.2, 0) is 0 Å². The van der Waals surface area contributed by atoms with Crippen molar-refractivity contribution in [3.8, 4) is 0 Å². The molecule has 0 spiro atoms. The minimum atomic E-state index is 0.323. The number of allylic oxidation sites excluding steroid dienone is 1. The van der Waals surface area contributed by atoms with E-state index in [2.05, 4.69) is 16.8 Å². The Labute approximate surface area is 61.3 Å². The van der Waals surface area contributed by atoms with Crippen molar-refractivity contribution in [2.45, 2.75) is 13.8 Å². The van der Waals surface area contributed by atoms with Gasteiger partial charge in [0.15, 0.2) is 0 Å². The summed E-state index contributed by atoms with van der Waals surface area (Å²) in [7, 11) is 0. The standard InChI is InChI=1S/C7H13N3/c1-4-9-10-5-7(8)6(2)3/h4-6H,1,8H2,2-3H3/b7-5-,10-9-. The van der Waals surface area contributed by atoms with Crippen LogP contribution in [0.3, 0.4) is 0 Å². The third-order valence-corrected chi connectivity index (χ3v) is 1.02. The molecule has 10 heavy (non-hydrogen) atoms. The van der Waals surface area contributed by atoms with Crippen molar-refractivity contribution in [1.82, 2.24) is 0 Å². The first kappa shape index (κ1) is 8.88. The van der Waals surface area contributed by atoms with Gasteiger partial charge in [0.2, 0.25) is 0 Å². The monoisotopic (exact) mass is 139 g/mol. The maximum absolute atomic E-state index is 5.53. The Balaban J connectivity index is 3.91. The van der Waals surface area contributed by atoms with Crippen LogP contribution in [0.15, 0.2) is 34.9 Å². The van der Waals surface area contributed by atoms with Crippen molar-refractivity contribution < 1.29 is 0 Å². The molecule has 3 heteroatoms. The van der Waals surface area contributed by atoms with Crippen LogP contribution in [-0.4, -0.2) is 0 Å². The van der Waals surface area contributed by atoms with Crippen LogP contribution in [0.5, 0.6) is 0 Å². The fraction of sp³-hybridized carbons (Fsp3) is 0.429. The molecule has 56 valence electrons. The molecule has 0 fully saturated rings. The predicted molar refractivity (Wildman–Crippen MR) is 42.2 cm³/mol. The van der Waals surface area contributed by atoms with Gasteiger partial charge in [-0.15, -0.1) is 0 Å². The summed E-state index contributed by atoms with van der Waals surface area (Å²) < 4.78 is 0. The van der Waals surface area contributed by atoms with E-state index in [9.17, 15) is 0 Å². The molecule has 0 saturated carbocycles. The molecule has 0 amide bonds. The molecule has 0 aromatic rings. The summed E-state index contributed by atoms with van der Waals surface area (Å²) >= 11 is 0. The van der Waals surface area contributed by atoms with Crippen LogP contribution < -0.4 is 5.73 Å². The van der Waals surface area contributed by atoms with Gasteiger partial charge in [0.1, 0.15) is 0 Å². The van der Waals surface area contributed by atoms with Gasteiger partial charge < -0.3 is 5.73 Å². The van der Waals surface area contributed by atoms with Crippen LogP contribution in [0.2, 0.25) is 0 Å². The molecule has 0 unspecified atom stereocenters. The van der Waals surface area contributed by atoms with Gasteiger partial charge >= 0.3 is 0 Å². The number of hydrogen-bond acceptors (Lipinski definition) is 3. The van der Waals surface area contributed by atoms with E-state index in [1.165, 1.54) is 12.4 Å². The largest absolute Gasteiger partial charge is 0.401 e. The summed E-state index contributed by atoms with van der Waals surface area (Å²) in [5, 5.41) is 7.16. The van der Waals surface area contributed by atoms with Gasteiger partial charge in [0.05, 0.1) is 6.20 Å². The smallest absolute Gasteiger partial charge is 0.0685 e. The average Bonchev–Trinajstić information content (AvgIpc) is 1.88. The molecule has 3 nitrogen and oxygen atoms in total. The zero-order valence-corrected chi connectivity index (χ0v) is 6.41. The van der Waals surface area contributed by atoms with E-state index in [-0.39, 0.29) is 0 Å². The first-order valence-electron chi connectivity index (χ1n) is 3.15. The third kappa shape index (κ3) is 3.83. The Morgan fingerprint density at radius 2 is 2.10 bits per heavy atom. The first-order valence-corrected chi connectivity index (χ1v) is 3.15. The highest BCUT2D eigenvalue weighted by Gasteiger charge is 1.93. The van der Waals surface area contributed by atoms with Crippen molar-refractivity contribution >= 4 is 0 Å². The van der Waals surface area contributed by atoms with Crippen molar-refractivity contribution in [3.05, 3.63) is 24.7 Å². The van der Waals surface area contributed by atoms with E-state index >= 15 is 0 Å². The Hall–Kier alpha value is -1.12. The summed E-state index contributed by atoms with van der Waals surface area (Å²) in [6.07, 6.45) is 2.90. The number of rotatable bonds is 3. The fourth-order valence-electron chi connectivity index (χ4n) is 0.296. The first-order chi connectivity index (χ1) is 4.68. The van der Waals surface area contributed by atoms with E-state index in [4.69, 9.17) is 5.73 Å². The topological polar surface area (TPSA) is 50.7 Å². The van der Waals surface area contributed by atoms with Crippen molar-refractivity contribution in [3.63, 3.8) is 0 Å². The Morgan fingerprint density at radius 3 is 2.50 bits per heavy atom. The van der Waals surface area contributed by atoms with Crippen LogP contribution in [0, 0.1) is 5.92 Å². The molecule has 0 rings (SSSR count). The predicted octanol–water partition coefficient (Wildman–Crippen LogP) is 2.04. The number of nitrogens with two attached hydrogens (primary N) is 1. The Bertz CT molecular complexity index is 156. The molecular weight excluding hydrogens is 126 g/mol. The van der Waals surface area contributed by atoms with E-state index in [0.717, 1.165) is 5.70 Å². The lowest BCUT2D eigenvalue weighted by Gasteiger charge is -2.00. The number of hydrogen-bond donors (Lipinski definition) is 1. The summed E-state index contributed by atoms with van der Waals surface area (Å²) in [5.74, 6) is 0.323. The molecular formula is C7H13N3. The molecule has 0 aromatic heterocycles. The molecule has 0 bridgehead atoms. The van der Waals surface area contributed by atoms with Crippen LogP contribution >= 0.6 is 0 Å². The zero-order valence-electron chi connectivity index (χ0n) is 6.41. The quantitative estimate of drug-likeness (QED) is 0.597. The van der Waals surface area contributed by atoms with Crippen molar-refractivity contribution in [2.75, 3.05) is 0 Å². The fourth-order valence-corrected chi connectivity index (χ4v) is 0.296. The second-order valence-corrected chi connectivity index (χ2v) is 2.20.